The first-order valence-electron chi connectivity index (χ1n) is 5.60. The molecule has 3 unspecified atom stereocenters. The molecule has 0 aromatic carbocycles. The van der Waals surface area contributed by atoms with Crippen molar-refractivity contribution in [2.24, 2.45) is 0 Å². The molecule has 1 aliphatic carbocycles. The van der Waals surface area contributed by atoms with E-state index in [2.05, 4.69) is 5.32 Å². The van der Waals surface area contributed by atoms with Crippen molar-refractivity contribution in [3.8, 4) is 0 Å². The average molecular weight is 249 g/mol. The topological polar surface area (TPSA) is 46.2 Å². The maximum atomic E-state index is 11.6. The van der Waals surface area contributed by atoms with E-state index in [1.54, 1.807) is 0 Å². The first-order valence-corrected chi connectivity index (χ1v) is 8.71. The van der Waals surface area contributed by atoms with Crippen LogP contribution in [-0.2, 0) is 9.84 Å². The first-order chi connectivity index (χ1) is 7.07. The van der Waals surface area contributed by atoms with Gasteiger partial charge in [0.25, 0.3) is 0 Å². The summed E-state index contributed by atoms with van der Waals surface area (Å²) in [4.78, 5) is 0. The fourth-order valence-electron chi connectivity index (χ4n) is 2.60. The standard InChI is InChI=1S/C10H19NO2S2/c1-15(12,13)10-4-2-3-9(10)11-8-5-6-14-7-8/h8-11H,2-7H2,1H3. The van der Waals surface area contributed by atoms with Crippen LogP contribution in [0.25, 0.3) is 0 Å². The molecule has 0 aromatic rings. The second-order valence-corrected chi connectivity index (χ2v) is 8.05. The van der Waals surface area contributed by atoms with Crippen molar-refractivity contribution in [3.05, 3.63) is 0 Å². The molecule has 1 heterocycles. The molecule has 0 radical (unpaired) electrons. The van der Waals surface area contributed by atoms with Crippen LogP contribution >= 0.6 is 11.8 Å². The Morgan fingerprint density at radius 3 is 2.67 bits per heavy atom. The Bertz CT molecular complexity index is 309. The summed E-state index contributed by atoms with van der Waals surface area (Å²) >= 11 is 1.96. The minimum Gasteiger partial charge on any atom is -0.309 e. The third-order valence-electron chi connectivity index (χ3n) is 3.38. The Balaban J connectivity index is 1.95. The first kappa shape index (κ1) is 11.7. The van der Waals surface area contributed by atoms with Crippen molar-refractivity contribution in [2.75, 3.05) is 17.8 Å². The SMILES string of the molecule is CS(=O)(=O)C1CCCC1NC1CCSC1. The van der Waals surface area contributed by atoms with Crippen LogP contribution in [0.4, 0.5) is 0 Å². The summed E-state index contributed by atoms with van der Waals surface area (Å²) < 4.78 is 23.1. The van der Waals surface area contributed by atoms with E-state index in [0.29, 0.717) is 6.04 Å². The van der Waals surface area contributed by atoms with Crippen LogP contribution in [0.15, 0.2) is 0 Å². The lowest BCUT2D eigenvalue weighted by molar-refractivity contribution is 0.451. The van der Waals surface area contributed by atoms with Gasteiger partial charge in [-0.25, -0.2) is 8.42 Å². The molecule has 2 aliphatic rings. The lowest BCUT2D eigenvalue weighted by Crippen LogP contribution is -2.45. The van der Waals surface area contributed by atoms with Crippen molar-refractivity contribution >= 4 is 21.6 Å². The van der Waals surface area contributed by atoms with Gasteiger partial charge in [0.2, 0.25) is 0 Å². The number of hydrogen-bond donors (Lipinski definition) is 1. The van der Waals surface area contributed by atoms with E-state index < -0.39 is 9.84 Å². The zero-order valence-corrected chi connectivity index (χ0v) is 10.7. The van der Waals surface area contributed by atoms with Crippen LogP contribution in [0.3, 0.4) is 0 Å². The summed E-state index contributed by atoms with van der Waals surface area (Å²) in [6, 6.07) is 0.756. The van der Waals surface area contributed by atoms with Crippen LogP contribution in [0.2, 0.25) is 0 Å². The van der Waals surface area contributed by atoms with Gasteiger partial charge >= 0.3 is 0 Å². The number of rotatable bonds is 3. The van der Waals surface area contributed by atoms with Gasteiger partial charge in [-0.3, -0.25) is 0 Å². The molecule has 3 atom stereocenters. The molecule has 0 bridgehead atoms. The molecule has 2 rings (SSSR count). The summed E-state index contributed by atoms with van der Waals surface area (Å²) in [5.74, 6) is 2.36. The average Bonchev–Trinajstić information content (AvgIpc) is 2.73. The summed E-state index contributed by atoms with van der Waals surface area (Å²) in [6.45, 7) is 0. The molecule has 2 fully saturated rings. The quantitative estimate of drug-likeness (QED) is 0.812. The highest BCUT2D eigenvalue weighted by atomic mass is 32.2. The van der Waals surface area contributed by atoms with Gasteiger partial charge < -0.3 is 5.32 Å². The number of thioether (sulfide) groups is 1. The highest BCUT2D eigenvalue weighted by Crippen LogP contribution is 2.27. The monoisotopic (exact) mass is 249 g/mol. The van der Waals surface area contributed by atoms with Crippen LogP contribution in [0.1, 0.15) is 25.7 Å². The minimum absolute atomic E-state index is 0.136. The fourth-order valence-corrected chi connectivity index (χ4v) is 5.17. The summed E-state index contributed by atoms with van der Waals surface area (Å²) in [5, 5.41) is 3.40. The maximum absolute atomic E-state index is 11.6. The van der Waals surface area contributed by atoms with Gasteiger partial charge in [-0.2, -0.15) is 11.8 Å². The largest absolute Gasteiger partial charge is 0.309 e. The van der Waals surface area contributed by atoms with Crippen molar-refractivity contribution in [3.63, 3.8) is 0 Å². The Kier molecular flexibility index (Phi) is 3.63. The Morgan fingerprint density at radius 1 is 1.27 bits per heavy atom. The van der Waals surface area contributed by atoms with Gasteiger partial charge in [0, 0.05) is 24.1 Å². The highest BCUT2D eigenvalue weighted by molar-refractivity contribution is 7.99. The number of hydrogen-bond acceptors (Lipinski definition) is 4. The molecule has 0 spiro atoms. The molecule has 1 saturated carbocycles. The van der Waals surface area contributed by atoms with E-state index in [9.17, 15) is 8.42 Å². The predicted molar refractivity (Wildman–Crippen MR) is 65.1 cm³/mol. The normalized spacial score (nSPS) is 37.3. The number of sulfone groups is 1. The van der Waals surface area contributed by atoms with Gasteiger partial charge in [-0.15, -0.1) is 0 Å². The van der Waals surface area contributed by atoms with Crippen LogP contribution in [0, 0.1) is 0 Å². The van der Waals surface area contributed by atoms with Gasteiger partial charge in [-0.1, -0.05) is 6.42 Å². The van der Waals surface area contributed by atoms with Gasteiger partial charge in [0.15, 0.2) is 9.84 Å². The van der Waals surface area contributed by atoms with E-state index in [1.807, 2.05) is 11.8 Å². The Morgan fingerprint density at radius 2 is 2.07 bits per heavy atom. The van der Waals surface area contributed by atoms with Crippen LogP contribution in [0.5, 0.6) is 0 Å². The zero-order chi connectivity index (χ0) is 10.9. The zero-order valence-electron chi connectivity index (χ0n) is 9.11. The predicted octanol–water partition coefficient (Wildman–Crippen LogP) is 1.05. The number of nitrogens with one attached hydrogen (secondary N) is 1. The van der Waals surface area contributed by atoms with E-state index in [1.165, 1.54) is 18.4 Å². The van der Waals surface area contributed by atoms with Crippen molar-refractivity contribution in [2.45, 2.75) is 43.0 Å². The molecule has 1 aliphatic heterocycles. The van der Waals surface area contributed by atoms with E-state index >= 15 is 0 Å². The molecular weight excluding hydrogens is 230 g/mol. The smallest absolute Gasteiger partial charge is 0.151 e. The maximum Gasteiger partial charge on any atom is 0.151 e. The second-order valence-electron chi connectivity index (χ2n) is 4.63. The lowest BCUT2D eigenvalue weighted by Gasteiger charge is -2.23. The molecule has 0 amide bonds. The Hall–Kier alpha value is 0.260. The van der Waals surface area contributed by atoms with Crippen molar-refractivity contribution < 1.29 is 8.42 Å². The summed E-state index contributed by atoms with van der Waals surface area (Å²) in [7, 11) is -2.86. The second kappa shape index (κ2) is 4.63. The van der Waals surface area contributed by atoms with Crippen LogP contribution < -0.4 is 5.32 Å². The molecule has 3 nitrogen and oxygen atoms in total. The van der Waals surface area contributed by atoms with E-state index in [0.717, 1.165) is 25.0 Å². The van der Waals surface area contributed by atoms with Gasteiger partial charge in [0.1, 0.15) is 0 Å². The van der Waals surface area contributed by atoms with Gasteiger partial charge in [-0.05, 0) is 25.0 Å². The highest BCUT2D eigenvalue weighted by Gasteiger charge is 2.36. The van der Waals surface area contributed by atoms with E-state index in [-0.39, 0.29) is 11.3 Å². The van der Waals surface area contributed by atoms with Crippen LogP contribution in [-0.4, -0.2) is 43.5 Å². The molecule has 1 N–H and O–H groups in total. The van der Waals surface area contributed by atoms with Gasteiger partial charge in [0.05, 0.1) is 5.25 Å². The molecular formula is C10H19NO2S2. The molecule has 5 heteroatoms. The third kappa shape index (κ3) is 2.88. The summed E-state index contributed by atoms with van der Waals surface area (Å²) in [5.41, 5.74) is 0. The minimum atomic E-state index is -2.86. The molecule has 15 heavy (non-hydrogen) atoms. The Labute approximate surface area is 96.3 Å². The third-order valence-corrected chi connectivity index (χ3v) is 6.21. The lowest BCUT2D eigenvalue weighted by atomic mass is 10.2. The molecule has 0 aromatic heterocycles. The van der Waals surface area contributed by atoms with Crippen molar-refractivity contribution in [1.29, 1.82) is 0 Å². The molecule has 88 valence electrons. The summed E-state index contributed by atoms with van der Waals surface area (Å²) in [6.07, 6.45) is 5.49. The van der Waals surface area contributed by atoms with E-state index in [4.69, 9.17) is 0 Å². The fraction of sp³-hybridized carbons (Fsp3) is 1.00. The molecule has 1 saturated heterocycles. The van der Waals surface area contributed by atoms with Crippen molar-refractivity contribution in [1.82, 2.24) is 5.32 Å².